The first-order valence-electron chi connectivity index (χ1n) is 9.07. The Bertz CT molecular complexity index is 963. The maximum absolute atomic E-state index is 12.1. The smallest absolute Gasteiger partial charge is 0.290 e. The van der Waals surface area contributed by atoms with E-state index in [2.05, 4.69) is 51.8 Å². The van der Waals surface area contributed by atoms with Crippen LogP contribution in [-0.4, -0.2) is 27.7 Å². The Balaban J connectivity index is 2.07. The van der Waals surface area contributed by atoms with Crippen molar-refractivity contribution >= 4 is 5.91 Å². The van der Waals surface area contributed by atoms with E-state index < -0.39 is 5.54 Å². The molecule has 0 radical (unpaired) electrons. The Morgan fingerprint density at radius 2 is 1.21 bits per heavy atom. The first-order chi connectivity index (χ1) is 13.8. The first-order valence-corrected chi connectivity index (χ1v) is 9.07. The Hall–Kier alpha value is -3.73. The highest BCUT2D eigenvalue weighted by molar-refractivity contribution is 5.89. The fraction of sp³-hybridized carbons (Fsp3) is 0.0870. The quantitative estimate of drug-likeness (QED) is 0.549. The maximum atomic E-state index is 12.1. The zero-order chi connectivity index (χ0) is 19.4. The van der Waals surface area contributed by atoms with Crippen LogP contribution in [0.1, 0.15) is 27.3 Å². The normalized spacial score (nSPS) is 11.2. The molecule has 0 aliphatic heterocycles. The average Bonchev–Trinajstić information content (AvgIpc) is 3.26. The molecule has 0 saturated heterocycles. The van der Waals surface area contributed by atoms with E-state index in [0.29, 0.717) is 0 Å². The molecule has 1 aromatic heterocycles. The Labute approximate surface area is 163 Å². The van der Waals surface area contributed by atoms with Gasteiger partial charge in [-0.1, -0.05) is 91.0 Å². The van der Waals surface area contributed by atoms with Gasteiger partial charge < -0.3 is 5.32 Å². The van der Waals surface area contributed by atoms with Crippen molar-refractivity contribution in [1.82, 2.24) is 20.1 Å². The number of nitrogens with zero attached hydrogens (tertiary/aromatic N) is 3. The third-order valence-electron chi connectivity index (χ3n) is 4.84. The van der Waals surface area contributed by atoms with Crippen LogP contribution in [-0.2, 0) is 5.54 Å². The summed E-state index contributed by atoms with van der Waals surface area (Å²) in [6.07, 6.45) is 1.62. The lowest BCUT2D eigenvalue weighted by molar-refractivity contribution is 0.0952. The lowest BCUT2D eigenvalue weighted by atomic mass is 9.77. The molecule has 0 fully saturated rings. The van der Waals surface area contributed by atoms with E-state index in [1.54, 1.807) is 18.1 Å². The summed E-state index contributed by atoms with van der Waals surface area (Å²) >= 11 is 0. The number of carbonyl (C=O) groups is 1. The zero-order valence-corrected chi connectivity index (χ0v) is 15.5. The predicted octanol–water partition coefficient (Wildman–Crippen LogP) is 3.48. The van der Waals surface area contributed by atoms with Gasteiger partial charge in [0.25, 0.3) is 5.91 Å². The average molecular weight is 368 g/mol. The van der Waals surface area contributed by atoms with Gasteiger partial charge in [0.15, 0.2) is 0 Å². The lowest BCUT2D eigenvalue weighted by Gasteiger charge is -2.35. The summed E-state index contributed by atoms with van der Waals surface area (Å²) in [6, 6.07) is 30.4. The Kier molecular flexibility index (Phi) is 4.72. The summed E-state index contributed by atoms with van der Waals surface area (Å²) in [6.45, 7) is 0. The number of hydrogen-bond donors (Lipinski definition) is 1. The summed E-state index contributed by atoms with van der Waals surface area (Å²) in [5.74, 6) is -0.184. The van der Waals surface area contributed by atoms with E-state index in [9.17, 15) is 4.79 Å². The van der Waals surface area contributed by atoms with E-state index in [0.717, 1.165) is 16.7 Å². The number of aromatic nitrogens is 3. The molecule has 5 heteroatoms. The second-order valence-electron chi connectivity index (χ2n) is 6.40. The van der Waals surface area contributed by atoms with Gasteiger partial charge in [-0.25, -0.2) is 9.67 Å². The van der Waals surface area contributed by atoms with Crippen molar-refractivity contribution in [3.05, 3.63) is 120 Å². The molecule has 0 spiro atoms. The van der Waals surface area contributed by atoms with Crippen molar-refractivity contribution < 1.29 is 4.79 Å². The fourth-order valence-electron chi connectivity index (χ4n) is 3.58. The third kappa shape index (κ3) is 2.87. The molecule has 1 N–H and O–H groups in total. The number of carbonyl (C=O) groups excluding carboxylic acids is 1. The minimum Gasteiger partial charge on any atom is -0.352 e. The third-order valence-corrected chi connectivity index (χ3v) is 4.84. The minimum absolute atomic E-state index is 0.134. The zero-order valence-electron chi connectivity index (χ0n) is 15.5. The van der Waals surface area contributed by atoms with Gasteiger partial charge in [-0.15, -0.1) is 5.10 Å². The summed E-state index contributed by atoms with van der Waals surface area (Å²) in [4.78, 5) is 16.4. The van der Waals surface area contributed by atoms with E-state index in [1.165, 1.54) is 0 Å². The minimum atomic E-state index is -0.761. The molecule has 4 rings (SSSR count). The van der Waals surface area contributed by atoms with Gasteiger partial charge in [0.2, 0.25) is 5.82 Å². The SMILES string of the molecule is CNC(=O)c1ncn(C(c2ccccc2)(c2ccccc2)c2ccccc2)n1. The highest BCUT2D eigenvalue weighted by Crippen LogP contribution is 2.39. The summed E-state index contributed by atoms with van der Waals surface area (Å²) in [7, 11) is 1.57. The molecule has 0 unspecified atom stereocenters. The van der Waals surface area contributed by atoms with Crippen molar-refractivity contribution in [2.24, 2.45) is 0 Å². The second kappa shape index (κ2) is 7.48. The van der Waals surface area contributed by atoms with E-state index in [-0.39, 0.29) is 11.7 Å². The number of amides is 1. The van der Waals surface area contributed by atoms with Gasteiger partial charge in [-0.05, 0) is 16.7 Å². The van der Waals surface area contributed by atoms with Crippen LogP contribution >= 0.6 is 0 Å². The van der Waals surface area contributed by atoms with Crippen LogP contribution < -0.4 is 5.32 Å². The highest BCUT2D eigenvalue weighted by Gasteiger charge is 2.39. The standard InChI is InChI=1S/C23H20N4O/c1-24-22(28)21-25-17-27(26-21)23(18-11-5-2-6-12-18,19-13-7-3-8-14-19)20-15-9-4-10-16-20/h2-17H,1H3,(H,24,28). The molecular weight excluding hydrogens is 348 g/mol. The van der Waals surface area contributed by atoms with Gasteiger partial charge in [-0.3, -0.25) is 4.79 Å². The molecular formula is C23H20N4O. The molecule has 1 heterocycles. The molecule has 0 atom stereocenters. The van der Waals surface area contributed by atoms with Crippen LogP contribution in [0.4, 0.5) is 0 Å². The molecule has 0 aliphatic rings. The van der Waals surface area contributed by atoms with Crippen molar-refractivity contribution in [2.45, 2.75) is 5.54 Å². The molecule has 28 heavy (non-hydrogen) atoms. The van der Waals surface area contributed by atoms with Gasteiger partial charge in [0, 0.05) is 7.05 Å². The van der Waals surface area contributed by atoms with Gasteiger partial charge in [0.05, 0.1) is 0 Å². The van der Waals surface area contributed by atoms with Crippen LogP contribution in [0, 0.1) is 0 Å². The Morgan fingerprint density at radius 1 is 0.786 bits per heavy atom. The summed E-state index contributed by atoms with van der Waals surface area (Å²) in [5, 5.41) is 7.16. The second-order valence-corrected chi connectivity index (χ2v) is 6.40. The topological polar surface area (TPSA) is 59.8 Å². The van der Waals surface area contributed by atoms with Gasteiger partial charge in [0.1, 0.15) is 11.9 Å². The van der Waals surface area contributed by atoms with Gasteiger partial charge in [-0.2, -0.15) is 0 Å². The maximum Gasteiger partial charge on any atom is 0.290 e. The highest BCUT2D eigenvalue weighted by atomic mass is 16.2. The fourth-order valence-corrected chi connectivity index (χ4v) is 3.58. The predicted molar refractivity (Wildman–Crippen MR) is 108 cm³/mol. The first kappa shape index (κ1) is 17.7. The largest absolute Gasteiger partial charge is 0.352 e. The van der Waals surface area contributed by atoms with Crippen molar-refractivity contribution in [1.29, 1.82) is 0 Å². The Morgan fingerprint density at radius 3 is 1.61 bits per heavy atom. The lowest BCUT2D eigenvalue weighted by Crippen LogP contribution is -2.38. The monoisotopic (exact) mass is 368 g/mol. The van der Waals surface area contributed by atoms with Crippen LogP contribution in [0.15, 0.2) is 97.3 Å². The van der Waals surface area contributed by atoms with Crippen LogP contribution in [0.25, 0.3) is 0 Å². The van der Waals surface area contributed by atoms with Gasteiger partial charge >= 0.3 is 0 Å². The molecule has 5 nitrogen and oxygen atoms in total. The number of hydrogen-bond acceptors (Lipinski definition) is 3. The number of nitrogens with one attached hydrogen (secondary N) is 1. The van der Waals surface area contributed by atoms with Crippen molar-refractivity contribution in [3.63, 3.8) is 0 Å². The molecule has 138 valence electrons. The molecule has 1 amide bonds. The molecule has 4 aromatic rings. The van der Waals surface area contributed by atoms with Crippen LogP contribution in [0.5, 0.6) is 0 Å². The van der Waals surface area contributed by atoms with Crippen LogP contribution in [0.2, 0.25) is 0 Å². The van der Waals surface area contributed by atoms with E-state index in [4.69, 9.17) is 0 Å². The number of rotatable bonds is 5. The number of benzene rings is 3. The van der Waals surface area contributed by atoms with E-state index in [1.807, 2.05) is 54.6 Å². The summed E-state index contributed by atoms with van der Waals surface area (Å²) < 4.78 is 1.78. The molecule has 0 bridgehead atoms. The molecule has 3 aromatic carbocycles. The van der Waals surface area contributed by atoms with Crippen molar-refractivity contribution in [2.75, 3.05) is 7.05 Å². The van der Waals surface area contributed by atoms with E-state index >= 15 is 0 Å². The van der Waals surface area contributed by atoms with Crippen LogP contribution in [0.3, 0.4) is 0 Å². The molecule has 0 aliphatic carbocycles. The van der Waals surface area contributed by atoms with Crippen molar-refractivity contribution in [3.8, 4) is 0 Å². The summed E-state index contributed by atoms with van der Waals surface area (Å²) in [5.41, 5.74) is 2.32. The molecule has 0 saturated carbocycles.